The highest BCUT2D eigenvalue weighted by molar-refractivity contribution is 5.81. The minimum Gasteiger partial charge on any atom is -0.327 e. The molecule has 1 heterocycles. The molecule has 0 atom stereocenters. The van der Waals surface area contributed by atoms with Gasteiger partial charge in [0, 0.05) is 19.2 Å². The summed E-state index contributed by atoms with van der Waals surface area (Å²) in [6.45, 7) is 4.79. The van der Waals surface area contributed by atoms with E-state index in [1.165, 1.54) is 11.1 Å². The zero-order valence-corrected chi connectivity index (χ0v) is 12.1. The van der Waals surface area contributed by atoms with E-state index in [0.717, 1.165) is 28.0 Å². The van der Waals surface area contributed by atoms with Crippen molar-refractivity contribution in [3.05, 3.63) is 53.1 Å². The fraction of sp³-hybridized carbons (Fsp3) is 0.235. The molecule has 2 N–H and O–H groups in total. The Labute approximate surface area is 119 Å². The van der Waals surface area contributed by atoms with Crippen molar-refractivity contribution in [3.8, 4) is 11.4 Å². The summed E-state index contributed by atoms with van der Waals surface area (Å²) in [5.41, 5.74) is 12.7. The van der Waals surface area contributed by atoms with Crippen LogP contribution in [0, 0.1) is 13.8 Å². The zero-order chi connectivity index (χ0) is 14.3. The Morgan fingerprint density at radius 2 is 1.75 bits per heavy atom. The molecule has 0 saturated carbocycles. The number of hydrogen-bond acceptors (Lipinski definition) is 2. The third-order valence-corrected chi connectivity index (χ3v) is 3.66. The minimum atomic E-state index is 0.556. The molecule has 0 unspecified atom stereocenters. The van der Waals surface area contributed by atoms with Gasteiger partial charge in [-0.05, 0) is 43.7 Å². The van der Waals surface area contributed by atoms with Crippen LogP contribution >= 0.6 is 0 Å². The Kier molecular flexibility index (Phi) is 3.07. The SMILES string of the molecule is Cc1cc(C)cc(-c2nc3ccc(CN)cc3n2C)c1. The molecule has 0 aliphatic carbocycles. The fourth-order valence-corrected chi connectivity index (χ4v) is 2.72. The fourth-order valence-electron chi connectivity index (χ4n) is 2.72. The number of fused-ring (bicyclic) bond motifs is 1. The van der Waals surface area contributed by atoms with E-state index in [1.54, 1.807) is 0 Å². The molecule has 102 valence electrons. The van der Waals surface area contributed by atoms with E-state index in [-0.39, 0.29) is 0 Å². The lowest BCUT2D eigenvalue weighted by molar-refractivity contribution is 0.955. The lowest BCUT2D eigenvalue weighted by atomic mass is 10.1. The average Bonchev–Trinajstić information content (AvgIpc) is 2.74. The predicted molar refractivity (Wildman–Crippen MR) is 83.5 cm³/mol. The maximum absolute atomic E-state index is 5.72. The molecule has 0 radical (unpaired) electrons. The van der Waals surface area contributed by atoms with Gasteiger partial charge in [0.15, 0.2) is 0 Å². The van der Waals surface area contributed by atoms with Crippen LogP contribution in [0.4, 0.5) is 0 Å². The van der Waals surface area contributed by atoms with Crippen LogP contribution in [0.2, 0.25) is 0 Å². The molecule has 0 aliphatic heterocycles. The second-order valence-electron chi connectivity index (χ2n) is 5.40. The third kappa shape index (κ3) is 2.10. The van der Waals surface area contributed by atoms with Crippen molar-refractivity contribution in [2.75, 3.05) is 0 Å². The standard InChI is InChI=1S/C17H19N3/c1-11-6-12(2)8-14(7-11)17-19-15-5-4-13(10-18)9-16(15)20(17)3/h4-9H,10,18H2,1-3H3. The highest BCUT2D eigenvalue weighted by atomic mass is 15.1. The van der Waals surface area contributed by atoms with Crippen molar-refractivity contribution in [2.24, 2.45) is 12.8 Å². The van der Waals surface area contributed by atoms with Gasteiger partial charge in [0.05, 0.1) is 11.0 Å². The van der Waals surface area contributed by atoms with Crippen molar-refractivity contribution >= 4 is 11.0 Å². The second-order valence-corrected chi connectivity index (χ2v) is 5.40. The molecule has 3 rings (SSSR count). The summed E-state index contributed by atoms with van der Waals surface area (Å²) in [4.78, 5) is 4.76. The van der Waals surface area contributed by atoms with Crippen LogP contribution in [0.1, 0.15) is 16.7 Å². The van der Waals surface area contributed by atoms with E-state index in [0.29, 0.717) is 6.54 Å². The minimum absolute atomic E-state index is 0.556. The van der Waals surface area contributed by atoms with E-state index >= 15 is 0 Å². The number of rotatable bonds is 2. The molecule has 0 amide bonds. The smallest absolute Gasteiger partial charge is 0.140 e. The Morgan fingerprint density at radius 3 is 2.40 bits per heavy atom. The number of aromatic nitrogens is 2. The first-order valence-corrected chi connectivity index (χ1v) is 6.82. The lowest BCUT2D eigenvalue weighted by Gasteiger charge is -2.05. The zero-order valence-electron chi connectivity index (χ0n) is 12.1. The molecule has 0 saturated heterocycles. The van der Waals surface area contributed by atoms with Crippen LogP contribution in [0.15, 0.2) is 36.4 Å². The molecule has 0 fully saturated rings. The van der Waals surface area contributed by atoms with Crippen molar-refractivity contribution in [2.45, 2.75) is 20.4 Å². The maximum Gasteiger partial charge on any atom is 0.140 e. The molecule has 3 nitrogen and oxygen atoms in total. The lowest BCUT2D eigenvalue weighted by Crippen LogP contribution is -1.97. The highest BCUT2D eigenvalue weighted by Crippen LogP contribution is 2.26. The number of hydrogen-bond donors (Lipinski definition) is 1. The first-order chi connectivity index (χ1) is 9.58. The molecule has 0 aliphatic rings. The van der Waals surface area contributed by atoms with Gasteiger partial charge >= 0.3 is 0 Å². The average molecular weight is 265 g/mol. The van der Waals surface area contributed by atoms with Gasteiger partial charge in [0.1, 0.15) is 5.82 Å². The van der Waals surface area contributed by atoms with Gasteiger partial charge < -0.3 is 10.3 Å². The highest BCUT2D eigenvalue weighted by Gasteiger charge is 2.10. The molecule has 0 spiro atoms. The molecule has 2 aromatic carbocycles. The first kappa shape index (κ1) is 12.9. The van der Waals surface area contributed by atoms with Gasteiger partial charge in [-0.15, -0.1) is 0 Å². The summed E-state index contributed by atoms with van der Waals surface area (Å²) in [6.07, 6.45) is 0. The van der Waals surface area contributed by atoms with Crippen LogP contribution < -0.4 is 5.73 Å². The molecular weight excluding hydrogens is 246 g/mol. The molecule has 1 aromatic heterocycles. The summed E-state index contributed by atoms with van der Waals surface area (Å²) < 4.78 is 2.14. The van der Waals surface area contributed by atoms with E-state index in [4.69, 9.17) is 10.7 Å². The summed E-state index contributed by atoms with van der Waals surface area (Å²) in [5.74, 6) is 1.00. The van der Waals surface area contributed by atoms with Crippen molar-refractivity contribution < 1.29 is 0 Å². The van der Waals surface area contributed by atoms with Crippen molar-refractivity contribution in [1.82, 2.24) is 9.55 Å². The Morgan fingerprint density at radius 1 is 1.05 bits per heavy atom. The van der Waals surface area contributed by atoms with Crippen LogP contribution in [0.25, 0.3) is 22.4 Å². The summed E-state index contributed by atoms with van der Waals surface area (Å²) in [5, 5.41) is 0. The number of nitrogens with two attached hydrogens (primary N) is 1. The summed E-state index contributed by atoms with van der Waals surface area (Å²) in [6, 6.07) is 12.7. The normalized spacial score (nSPS) is 11.2. The van der Waals surface area contributed by atoms with Crippen molar-refractivity contribution in [1.29, 1.82) is 0 Å². The number of benzene rings is 2. The molecule has 3 aromatic rings. The number of aryl methyl sites for hydroxylation is 3. The molecular formula is C17H19N3. The van der Waals surface area contributed by atoms with Gasteiger partial charge in [-0.1, -0.05) is 23.3 Å². The van der Waals surface area contributed by atoms with Gasteiger partial charge in [-0.2, -0.15) is 0 Å². The molecule has 20 heavy (non-hydrogen) atoms. The van der Waals surface area contributed by atoms with E-state index < -0.39 is 0 Å². The third-order valence-electron chi connectivity index (χ3n) is 3.66. The Bertz CT molecular complexity index is 764. The monoisotopic (exact) mass is 265 g/mol. The number of nitrogens with zero attached hydrogens (tertiary/aromatic N) is 2. The van der Waals surface area contributed by atoms with Gasteiger partial charge in [0.25, 0.3) is 0 Å². The Balaban J connectivity index is 2.23. The summed E-state index contributed by atoms with van der Waals surface area (Å²) >= 11 is 0. The van der Waals surface area contributed by atoms with Crippen LogP contribution in [-0.4, -0.2) is 9.55 Å². The van der Waals surface area contributed by atoms with E-state index in [2.05, 4.69) is 49.7 Å². The predicted octanol–water partition coefficient (Wildman–Crippen LogP) is 3.32. The molecule has 3 heteroatoms. The molecule has 0 bridgehead atoms. The number of imidazole rings is 1. The van der Waals surface area contributed by atoms with Crippen molar-refractivity contribution in [3.63, 3.8) is 0 Å². The van der Waals surface area contributed by atoms with Gasteiger partial charge in [-0.25, -0.2) is 4.98 Å². The largest absolute Gasteiger partial charge is 0.327 e. The van der Waals surface area contributed by atoms with Gasteiger partial charge in [0.2, 0.25) is 0 Å². The van der Waals surface area contributed by atoms with E-state index in [9.17, 15) is 0 Å². The quantitative estimate of drug-likeness (QED) is 0.772. The van der Waals surface area contributed by atoms with Gasteiger partial charge in [-0.3, -0.25) is 0 Å². The topological polar surface area (TPSA) is 43.8 Å². The van der Waals surface area contributed by atoms with Crippen LogP contribution in [-0.2, 0) is 13.6 Å². The van der Waals surface area contributed by atoms with Crippen LogP contribution in [0.5, 0.6) is 0 Å². The first-order valence-electron chi connectivity index (χ1n) is 6.82. The maximum atomic E-state index is 5.72. The second kappa shape index (κ2) is 4.76. The van der Waals surface area contributed by atoms with E-state index in [1.807, 2.05) is 12.1 Å². The summed E-state index contributed by atoms with van der Waals surface area (Å²) in [7, 11) is 2.06. The Hall–Kier alpha value is -2.13. The van der Waals surface area contributed by atoms with Crippen LogP contribution in [0.3, 0.4) is 0 Å².